The first-order chi connectivity index (χ1) is 15.1. The molecule has 9 heteroatoms. The van der Waals surface area contributed by atoms with Crippen molar-refractivity contribution in [2.24, 2.45) is 17.9 Å². The monoisotopic (exact) mass is 449 g/mol. The van der Waals surface area contributed by atoms with E-state index in [0.29, 0.717) is 28.2 Å². The molecule has 0 amide bonds. The van der Waals surface area contributed by atoms with Crippen molar-refractivity contribution in [3.8, 4) is 0 Å². The van der Waals surface area contributed by atoms with Crippen LogP contribution >= 0.6 is 11.3 Å². The number of hydrogen-bond acceptors (Lipinski definition) is 8. The molecule has 0 spiro atoms. The number of rotatable bonds is 6. The highest BCUT2D eigenvalue weighted by atomic mass is 32.1. The summed E-state index contributed by atoms with van der Waals surface area (Å²) in [6, 6.07) is 2.98. The highest BCUT2D eigenvalue weighted by Crippen LogP contribution is 2.43. The summed E-state index contributed by atoms with van der Waals surface area (Å²) in [7, 11) is 1.54. The summed E-state index contributed by atoms with van der Waals surface area (Å²) in [6.45, 7) is 10.7. The number of allylic oxidation sites excluding steroid dienone is 3. The topological polar surface area (TPSA) is 141 Å². The lowest BCUT2D eigenvalue weighted by Gasteiger charge is -2.38. The van der Waals surface area contributed by atoms with Crippen LogP contribution in [0.4, 0.5) is 0 Å². The maximum Gasteiger partial charge on any atom is 0.307 e. The number of aromatic nitrogens is 1. The van der Waals surface area contributed by atoms with Crippen LogP contribution in [0.1, 0.15) is 11.1 Å². The number of Topliss-reactive ketones (excluding diaryl/α,β-unsaturated/α-hetero) is 3. The summed E-state index contributed by atoms with van der Waals surface area (Å²) >= 11 is 0.977. The second kappa shape index (κ2) is 7.61. The minimum Gasteiger partial charge on any atom is -0.506 e. The molecule has 1 aliphatic carbocycles. The Labute approximate surface area is 186 Å². The maximum atomic E-state index is 13.3. The summed E-state index contributed by atoms with van der Waals surface area (Å²) in [6.07, 6.45) is 4.26. The van der Waals surface area contributed by atoms with Gasteiger partial charge in [-0.2, -0.15) is 0 Å². The van der Waals surface area contributed by atoms with Gasteiger partial charge in [0, 0.05) is 30.6 Å². The van der Waals surface area contributed by atoms with Gasteiger partial charge in [0.2, 0.25) is 0 Å². The number of aliphatic hydroxyl groups is 1. The van der Waals surface area contributed by atoms with E-state index in [-0.39, 0.29) is 10.4 Å². The lowest BCUT2D eigenvalue weighted by molar-refractivity contribution is -0.142. The van der Waals surface area contributed by atoms with Gasteiger partial charge in [-0.3, -0.25) is 19.2 Å². The minimum atomic E-state index is -2.27. The first-order valence-corrected chi connectivity index (χ1v) is 10.1. The van der Waals surface area contributed by atoms with Crippen LogP contribution in [0.5, 0.6) is 0 Å². The fourth-order valence-electron chi connectivity index (χ4n) is 3.85. The molecule has 0 radical (unpaired) electrons. The lowest BCUT2D eigenvalue weighted by atomic mass is 9.58. The average Bonchev–Trinajstić information content (AvgIpc) is 3.08. The molecular weight excluding hydrogens is 430 g/mol. The number of benzene rings is 1. The molecule has 3 rings (SSSR count). The van der Waals surface area contributed by atoms with Crippen molar-refractivity contribution in [1.29, 1.82) is 10.8 Å². The van der Waals surface area contributed by atoms with Gasteiger partial charge in [0.25, 0.3) is 0 Å². The van der Waals surface area contributed by atoms with Crippen LogP contribution in [0.25, 0.3) is 22.1 Å². The number of nitrogens with one attached hydrogen (secondary N) is 2. The van der Waals surface area contributed by atoms with Gasteiger partial charge in [-0.05, 0) is 12.1 Å². The van der Waals surface area contributed by atoms with E-state index in [1.807, 2.05) is 0 Å². The fraction of sp³-hybridized carbons (Fsp3) is 0.130. The summed E-state index contributed by atoms with van der Waals surface area (Å²) < 4.78 is 1.95. The van der Waals surface area contributed by atoms with Crippen molar-refractivity contribution in [3.05, 3.63) is 70.4 Å². The van der Waals surface area contributed by atoms with Gasteiger partial charge in [0.15, 0.2) is 17.3 Å². The Morgan fingerprint density at radius 1 is 1.03 bits per heavy atom. The van der Waals surface area contributed by atoms with Gasteiger partial charge >= 0.3 is 4.87 Å². The van der Waals surface area contributed by atoms with Crippen LogP contribution in [0.15, 0.2) is 54.4 Å². The molecule has 1 saturated carbocycles. The average molecular weight is 449 g/mol. The van der Waals surface area contributed by atoms with Crippen LogP contribution < -0.4 is 4.87 Å². The molecule has 1 aliphatic rings. The standard InChI is InChI=1S/C23H19N3O5S/c1-5-12-13(8-9-14-16(12)26(4)21(31)32-14)17(27)15-18(28)22(6-2,10-24)20(30)23(7-3,11-25)19(15)29/h5-11,24-25,27H,1-3H2,4H3. The highest BCUT2D eigenvalue weighted by Gasteiger charge is 2.61. The predicted octanol–water partition coefficient (Wildman–Crippen LogP) is 2.88. The number of carbonyl (C=O) groups is 3. The molecule has 2 unspecified atom stereocenters. The Bertz CT molecular complexity index is 1310. The van der Waals surface area contributed by atoms with Crippen molar-refractivity contribution < 1.29 is 19.5 Å². The molecule has 2 aromatic rings. The number of nitrogens with zero attached hydrogens (tertiary/aromatic N) is 1. The molecule has 0 aliphatic heterocycles. The Morgan fingerprint density at radius 2 is 1.56 bits per heavy atom. The molecule has 1 heterocycles. The van der Waals surface area contributed by atoms with Crippen molar-refractivity contribution in [3.63, 3.8) is 0 Å². The lowest BCUT2D eigenvalue weighted by Crippen LogP contribution is -2.58. The zero-order valence-corrected chi connectivity index (χ0v) is 17.9. The molecule has 1 aromatic carbocycles. The smallest absolute Gasteiger partial charge is 0.307 e. The Balaban J connectivity index is 2.49. The summed E-state index contributed by atoms with van der Waals surface area (Å²) in [5.74, 6) is -4.09. The number of carbonyl (C=O) groups excluding carboxylic acids is 3. The van der Waals surface area contributed by atoms with Gasteiger partial charge in [-0.1, -0.05) is 36.1 Å². The third-order valence-electron chi connectivity index (χ3n) is 5.74. The molecule has 1 fully saturated rings. The molecule has 0 saturated heterocycles. The summed E-state index contributed by atoms with van der Waals surface area (Å²) in [4.78, 5) is 51.6. The molecule has 0 bridgehead atoms. The van der Waals surface area contributed by atoms with Gasteiger partial charge in [0.1, 0.15) is 22.2 Å². The fourth-order valence-corrected chi connectivity index (χ4v) is 4.75. The molecular formula is C23H19N3O5S. The zero-order valence-electron chi connectivity index (χ0n) is 17.1. The van der Waals surface area contributed by atoms with E-state index in [2.05, 4.69) is 19.7 Å². The van der Waals surface area contributed by atoms with Gasteiger partial charge in [-0.25, -0.2) is 0 Å². The number of aryl methyl sites for hydroxylation is 1. The first kappa shape index (κ1) is 22.7. The quantitative estimate of drug-likeness (QED) is 0.155. The number of aliphatic hydroxyl groups excluding tert-OH is 1. The van der Waals surface area contributed by atoms with Crippen LogP contribution in [-0.4, -0.2) is 39.5 Å². The second-order valence-corrected chi connectivity index (χ2v) is 8.14. The minimum absolute atomic E-state index is 0.0258. The van der Waals surface area contributed by atoms with Gasteiger partial charge < -0.3 is 20.5 Å². The maximum absolute atomic E-state index is 13.3. The van der Waals surface area contributed by atoms with Crippen LogP contribution in [0.3, 0.4) is 0 Å². The van der Waals surface area contributed by atoms with E-state index in [1.54, 1.807) is 6.07 Å². The van der Waals surface area contributed by atoms with E-state index in [4.69, 9.17) is 10.8 Å². The SMILES string of the molecule is C=Cc1c(C(O)=C2C(=O)C(C=C)(C=N)C(=O)C(C=C)(C=N)C2=O)ccc2sc(=O)n(C)c12. The number of ketones is 3. The zero-order chi connectivity index (χ0) is 24.0. The van der Waals surface area contributed by atoms with E-state index < -0.39 is 39.5 Å². The van der Waals surface area contributed by atoms with Gasteiger partial charge in [-0.15, -0.1) is 13.2 Å². The number of hydrogen-bond donors (Lipinski definition) is 3. The highest BCUT2D eigenvalue weighted by molar-refractivity contribution is 7.16. The van der Waals surface area contributed by atoms with Crippen molar-refractivity contribution in [2.45, 2.75) is 0 Å². The third kappa shape index (κ3) is 2.61. The second-order valence-electron chi connectivity index (χ2n) is 7.15. The van der Waals surface area contributed by atoms with Gasteiger partial charge in [0.05, 0.1) is 10.2 Å². The molecule has 162 valence electrons. The van der Waals surface area contributed by atoms with Crippen LogP contribution in [-0.2, 0) is 21.4 Å². The molecule has 32 heavy (non-hydrogen) atoms. The van der Waals surface area contributed by atoms with Crippen molar-refractivity contribution in [1.82, 2.24) is 4.57 Å². The van der Waals surface area contributed by atoms with E-state index in [1.165, 1.54) is 23.8 Å². The number of thiazole rings is 1. The first-order valence-electron chi connectivity index (χ1n) is 9.25. The normalized spacial score (nSPS) is 23.2. The predicted molar refractivity (Wildman–Crippen MR) is 125 cm³/mol. The van der Waals surface area contributed by atoms with Crippen LogP contribution in [0, 0.1) is 21.6 Å². The molecule has 3 N–H and O–H groups in total. The Morgan fingerprint density at radius 3 is 2.00 bits per heavy atom. The van der Waals surface area contributed by atoms with E-state index in [9.17, 15) is 24.3 Å². The van der Waals surface area contributed by atoms with E-state index >= 15 is 0 Å². The third-order valence-corrected chi connectivity index (χ3v) is 6.74. The van der Waals surface area contributed by atoms with E-state index in [0.717, 1.165) is 23.5 Å². The summed E-state index contributed by atoms with van der Waals surface area (Å²) in [5.41, 5.74) is -4.54. The van der Waals surface area contributed by atoms with Crippen molar-refractivity contribution in [2.75, 3.05) is 0 Å². The Kier molecular flexibility index (Phi) is 5.40. The Hall–Kier alpha value is -3.98. The molecule has 1 aromatic heterocycles. The molecule has 2 atom stereocenters. The molecule has 8 nitrogen and oxygen atoms in total. The summed E-state index contributed by atoms with van der Waals surface area (Å²) in [5, 5.41) is 26.6. The largest absolute Gasteiger partial charge is 0.506 e. The number of fused-ring (bicyclic) bond motifs is 1. The van der Waals surface area contributed by atoms with Crippen LogP contribution in [0.2, 0.25) is 0 Å². The van der Waals surface area contributed by atoms with Crippen molar-refractivity contribution >= 4 is 63.2 Å².